The molecule has 0 radical (unpaired) electrons. The van der Waals surface area contributed by atoms with Crippen molar-refractivity contribution in [3.05, 3.63) is 12.7 Å². The van der Waals surface area contributed by atoms with Crippen LogP contribution in [0.1, 0.15) is 0 Å². The highest BCUT2D eigenvalue weighted by molar-refractivity contribution is 5.81. The first-order valence-electron chi connectivity index (χ1n) is 5.17. The molecule has 0 aliphatic carbocycles. The average molecular weight is 220 g/mol. The second-order valence-electron chi connectivity index (χ2n) is 3.53. The number of fused-ring (bicyclic) bond motifs is 1. The summed E-state index contributed by atoms with van der Waals surface area (Å²) in [6, 6.07) is 0. The van der Waals surface area contributed by atoms with Crippen LogP contribution in [0, 0.1) is 0 Å². The highest BCUT2D eigenvalue weighted by Gasteiger charge is 2.13. The van der Waals surface area contributed by atoms with Gasteiger partial charge in [-0.2, -0.15) is 0 Å². The molecule has 0 atom stereocenters. The summed E-state index contributed by atoms with van der Waals surface area (Å²) >= 11 is 0. The van der Waals surface area contributed by atoms with Crippen molar-refractivity contribution < 1.29 is 4.74 Å². The number of aromatic nitrogens is 4. The van der Waals surface area contributed by atoms with Gasteiger partial charge in [0, 0.05) is 13.1 Å². The summed E-state index contributed by atoms with van der Waals surface area (Å²) in [5.41, 5.74) is 4.74. The van der Waals surface area contributed by atoms with Gasteiger partial charge in [0.1, 0.15) is 11.8 Å². The van der Waals surface area contributed by atoms with Gasteiger partial charge >= 0.3 is 0 Å². The Hall–Kier alpha value is -1.73. The molecule has 1 saturated heterocycles. The Morgan fingerprint density at radius 1 is 1.25 bits per heavy atom. The number of imidazole rings is 1. The zero-order chi connectivity index (χ0) is 10.8. The van der Waals surface area contributed by atoms with E-state index in [0.29, 0.717) is 5.65 Å². The molecule has 7 nitrogen and oxygen atoms in total. The number of hydrazine groups is 1. The van der Waals surface area contributed by atoms with Crippen molar-refractivity contribution in [1.82, 2.24) is 24.9 Å². The van der Waals surface area contributed by atoms with Crippen LogP contribution in [0.2, 0.25) is 0 Å². The van der Waals surface area contributed by atoms with Crippen LogP contribution >= 0.6 is 0 Å². The molecule has 1 aliphatic heterocycles. The Kier molecular flexibility index (Phi) is 2.39. The summed E-state index contributed by atoms with van der Waals surface area (Å²) in [7, 11) is 0. The molecule has 3 rings (SSSR count). The molecule has 1 aliphatic rings. The zero-order valence-electron chi connectivity index (χ0n) is 8.68. The van der Waals surface area contributed by atoms with Crippen LogP contribution in [0.4, 0.5) is 5.82 Å². The molecule has 0 saturated carbocycles. The van der Waals surface area contributed by atoms with Crippen LogP contribution in [0.15, 0.2) is 12.7 Å². The second-order valence-corrected chi connectivity index (χ2v) is 3.53. The van der Waals surface area contributed by atoms with E-state index in [9.17, 15) is 0 Å². The van der Waals surface area contributed by atoms with Gasteiger partial charge in [-0.15, -0.1) is 0 Å². The van der Waals surface area contributed by atoms with Crippen molar-refractivity contribution in [2.75, 3.05) is 31.7 Å². The summed E-state index contributed by atoms with van der Waals surface area (Å²) < 4.78 is 5.28. The fraction of sp³-hybridized carbons (Fsp3) is 0.444. The summed E-state index contributed by atoms with van der Waals surface area (Å²) in [4.78, 5) is 15.4. The monoisotopic (exact) mass is 220 g/mol. The molecule has 2 aromatic heterocycles. The number of ether oxygens (including phenoxy) is 1. The van der Waals surface area contributed by atoms with Crippen LogP contribution in [0.3, 0.4) is 0 Å². The van der Waals surface area contributed by atoms with E-state index >= 15 is 0 Å². The number of nitrogens with zero attached hydrogens (tertiary/aromatic N) is 4. The minimum atomic E-state index is 0.672. The quantitative estimate of drug-likeness (QED) is 0.742. The first kappa shape index (κ1) is 9.49. The van der Waals surface area contributed by atoms with E-state index in [-0.39, 0.29) is 0 Å². The lowest BCUT2D eigenvalue weighted by Crippen LogP contribution is -2.40. The van der Waals surface area contributed by atoms with Gasteiger partial charge in [-0.3, -0.25) is 0 Å². The van der Waals surface area contributed by atoms with E-state index in [1.807, 2.05) is 0 Å². The summed E-state index contributed by atoms with van der Waals surface area (Å²) in [6.07, 6.45) is 3.12. The van der Waals surface area contributed by atoms with Gasteiger partial charge in [-0.25, -0.2) is 20.0 Å². The van der Waals surface area contributed by atoms with Gasteiger partial charge in [-0.05, 0) is 0 Å². The first-order valence-corrected chi connectivity index (χ1v) is 5.17. The van der Waals surface area contributed by atoms with Gasteiger partial charge in [0.15, 0.2) is 11.5 Å². The molecule has 0 amide bonds. The summed E-state index contributed by atoms with van der Waals surface area (Å²) in [5, 5.41) is 2.08. The van der Waals surface area contributed by atoms with E-state index in [4.69, 9.17) is 4.74 Å². The summed E-state index contributed by atoms with van der Waals surface area (Å²) in [6.45, 7) is 3.17. The smallest absolute Gasteiger partial charge is 0.182 e. The lowest BCUT2D eigenvalue weighted by Gasteiger charge is -2.27. The second kappa shape index (κ2) is 4.03. The number of rotatable bonds is 2. The Bertz CT molecular complexity index is 478. The molecule has 0 bridgehead atoms. The number of H-pyrrole nitrogens is 1. The third-order valence-corrected chi connectivity index (χ3v) is 2.50. The highest BCUT2D eigenvalue weighted by Crippen LogP contribution is 2.15. The Morgan fingerprint density at radius 2 is 2.12 bits per heavy atom. The third kappa shape index (κ3) is 1.70. The lowest BCUT2D eigenvalue weighted by molar-refractivity contribution is 0.0495. The average Bonchev–Trinajstić information content (AvgIpc) is 2.80. The van der Waals surface area contributed by atoms with E-state index in [2.05, 4.69) is 30.4 Å². The minimum Gasteiger partial charge on any atom is -0.379 e. The normalized spacial score (nSPS) is 17.8. The third-order valence-electron chi connectivity index (χ3n) is 2.50. The Morgan fingerprint density at radius 3 is 3.00 bits per heavy atom. The van der Waals surface area contributed by atoms with Crippen molar-refractivity contribution in [2.45, 2.75) is 0 Å². The van der Waals surface area contributed by atoms with Crippen molar-refractivity contribution in [1.29, 1.82) is 0 Å². The number of aromatic amines is 1. The van der Waals surface area contributed by atoms with E-state index in [0.717, 1.165) is 37.6 Å². The standard InChI is InChI=1S/C9H12N6O/c1-3-16-4-2-15(1)14-9-7-8(11-5-10-7)12-6-13-9/h5-6H,1-4H2,(H2,10,11,12,13,14). The predicted molar refractivity (Wildman–Crippen MR) is 57.7 cm³/mol. The van der Waals surface area contributed by atoms with Crippen LogP contribution < -0.4 is 5.43 Å². The topological polar surface area (TPSA) is 79.0 Å². The number of morpholine rings is 1. The maximum atomic E-state index is 5.28. The number of nitrogens with one attached hydrogen (secondary N) is 2. The van der Waals surface area contributed by atoms with Gasteiger partial charge < -0.3 is 15.1 Å². The highest BCUT2D eigenvalue weighted by atomic mass is 16.5. The molecule has 0 aromatic carbocycles. The molecule has 16 heavy (non-hydrogen) atoms. The molecule has 2 aromatic rings. The maximum absolute atomic E-state index is 5.28. The Balaban J connectivity index is 1.85. The van der Waals surface area contributed by atoms with E-state index < -0.39 is 0 Å². The molecule has 0 spiro atoms. The lowest BCUT2D eigenvalue weighted by atomic mass is 10.5. The minimum absolute atomic E-state index is 0.672. The van der Waals surface area contributed by atoms with Gasteiger partial charge in [0.05, 0.1) is 19.5 Å². The first-order chi connectivity index (χ1) is 7.93. The zero-order valence-corrected chi connectivity index (χ0v) is 8.68. The molecular formula is C9H12N6O. The molecular weight excluding hydrogens is 208 g/mol. The van der Waals surface area contributed by atoms with E-state index in [1.165, 1.54) is 6.33 Å². The molecule has 0 unspecified atom stereocenters. The number of hydrogen-bond donors (Lipinski definition) is 2. The van der Waals surface area contributed by atoms with E-state index in [1.54, 1.807) is 6.33 Å². The molecule has 1 fully saturated rings. The largest absolute Gasteiger partial charge is 0.379 e. The van der Waals surface area contributed by atoms with Gasteiger partial charge in [-0.1, -0.05) is 0 Å². The number of anilines is 1. The molecule has 2 N–H and O–H groups in total. The van der Waals surface area contributed by atoms with Crippen LogP contribution in [-0.4, -0.2) is 51.2 Å². The van der Waals surface area contributed by atoms with Crippen molar-refractivity contribution >= 4 is 17.0 Å². The molecule has 84 valence electrons. The predicted octanol–water partition coefficient (Wildman–Crippen LogP) is 0.0120. The van der Waals surface area contributed by atoms with Crippen LogP contribution in [0.5, 0.6) is 0 Å². The van der Waals surface area contributed by atoms with Crippen molar-refractivity contribution in [2.24, 2.45) is 0 Å². The van der Waals surface area contributed by atoms with Crippen molar-refractivity contribution in [3.63, 3.8) is 0 Å². The number of hydrogen-bond acceptors (Lipinski definition) is 6. The fourth-order valence-corrected chi connectivity index (χ4v) is 1.67. The van der Waals surface area contributed by atoms with Crippen LogP contribution in [0.25, 0.3) is 11.2 Å². The fourth-order valence-electron chi connectivity index (χ4n) is 1.67. The van der Waals surface area contributed by atoms with Crippen molar-refractivity contribution in [3.8, 4) is 0 Å². The molecule has 7 heteroatoms. The summed E-state index contributed by atoms with van der Waals surface area (Å²) in [5.74, 6) is 0.754. The maximum Gasteiger partial charge on any atom is 0.182 e. The SMILES string of the molecule is c1nc(NN2CCOCC2)c2[nH]cnc2n1. The van der Waals surface area contributed by atoms with Crippen LogP contribution in [-0.2, 0) is 4.74 Å². The van der Waals surface area contributed by atoms with Gasteiger partial charge in [0.25, 0.3) is 0 Å². The Labute approximate surface area is 91.8 Å². The van der Waals surface area contributed by atoms with Gasteiger partial charge in [0.2, 0.25) is 0 Å². The molecule has 3 heterocycles.